The number of nitrogens with one attached hydrogen (secondary N) is 1. The number of hydrogen-bond acceptors (Lipinski definition) is 5. The molecule has 0 radical (unpaired) electrons. The van der Waals surface area contributed by atoms with Gasteiger partial charge in [-0.1, -0.05) is 28.1 Å². The van der Waals surface area contributed by atoms with Crippen molar-refractivity contribution in [2.24, 2.45) is 0 Å². The summed E-state index contributed by atoms with van der Waals surface area (Å²) < 4.78 is 15.6. The highest BCUT2D eigenvalue weighted by Gasteiger charge is 2.29. The molecule has 1 amide bonds. The highest BCUT2D eigenvalue weighted by atomic mass is 127. The summed E-state index contributed by atoms with van der Waals surface area (Å²) in [5.74, 6) is 1.71. The summed E-state index contributed by atoms with van der Waals surface area (Å²) in [6.45, 7) is 2.87. The Morgan fingerprint density at radius 1 is 1.28 bits per heavy atom. The van der Waals surface area contributed by atoms with Crippen LogP contribution < -0.4 is 14.8 Å². The number of fused-ring (bicyclic) bond motifs is 1. The second-order valence-electron chi connectivity index (χ2n) is 6.47. The van der Waals surface area contributed by atoms with Crippen LogP contribution in [0.25, 0.3) is 0 Å². The molecule has 0 bridgehead atoms. The molecule has 0 unspecified atom stereocenters. The number of carbonyl (C=O) groups is 1. The molecule has 2 heterocycles. The average Bonchev–Trinajstić information content (AvgIpc) is 3.16. The van der Waals surface area contributed by atoms with Crippen molar-refractivity contribution in [3.8, 4) is 11.5 Å². The maximum absolute atomic E-state index is 12.1. The van der Waals surface area contributed by atoms with Crippen LogP contribution in [0.5, 0.6) is 11.5 Å². The lowest BCUT2D eigenvalue weighted by Crippen LogP contribution is -2.29. The van der Waals surface area contributed by atoms with Crippen molar-refractivity contribution in [1.82, 2.24) is 14.8 Å². The maximum atomic E-state index is 12.1. The largest absolute Gasteiger partial charge is 0.490 e. The van der Waals surface area contributed by atoms with E-state index in [0.29, 0.717) is 30.7 Å². The second kappa shape index (κ2) is 8.70. The fourth-order valence-electron chi connectivity index (χ4n) is 3.18. The van der Waals surface area contributed by atoms with E-state index in [-0.39, 0.29) is 18.4 Å². The Balaban J connectivity index is 1.65. The molecule has 0 spiro atoms. The molecule has 4 rings (SSSR count). The molecular weight excluding hydrogens is 551 g/mol. The number of carbonyl (C=O) groups excluding carboxylic acids is 1. The van der Waals surface area contributed by atoms with E-state index in [2.05, 4.69) is 53.9 Å². The molecule has 0 saturated heterocycles. The van der Waals surface area contributed by atoms with E-state index in [0.717, 1.165) is 19.2 Å². The zero-order valence-corrected chi connectivity index (χ0v) is 19.3. The summed E-state index contributed by atoms with van der Waals surface area (Å²) in [5.41, 5.74) is 1.99. The molecule has 2 aromatic carbocycles. The van der Waals surface area contributed by atoms with E-state index in [1.165, 1.54) is 6.33 Å². The van der Waals surface area contributed by atoms with Crippen LogP contribution in [-0.2, 0) is 11.4 Å². The number of nitrogens with zero attached hydrogens (tertiary/aromatic N) is 3. The third-order valence-electron chi connectivity index (χ3n) is 4.51. The van der Waals surface area contributed by atoms with Crippen LogP contribution in [0.15, 0.2) is 47.2 Å². The van der Waals surface area contributed by atoms with Gasteiger partial charge < -0.3 is 9.47 Å². The van der Waals surface area contributed by atoms with Crippen LogP contribution >= 0.6 is 38.5 Å². The van der Waals surface area contributed by atoms with Crippen molar-refractivity contribution in [1.29, 1.82) is 0 Å². The van der Waals surface area contributed by atoms with Gasteiger partial charge in [-0.2, -0.15) is 10.1 Å². The van der Waals surface area contributed by atoms with Crippen molar-refractivity contribution < 1.29 is 14.3 Å². The van der Waals surface area contributed by atoms with Crippen LogP contribution in [-0.4, -0.2) is 27.3 Å². The predicted molar refractivity (Wildman–Crippen MR) is 120 cm³/mol. The van der Waals surface area contributed by atoms with Gasteiger partial charge in [0.1, 0.15) is 12.9 Å². The van der Waals surface area contributed by atoms with Gasteiger partial charge >= 0.3 is 0 Å². The topological polar surface area (TPSA) is 78.3 Å². The van der Waals surface area contributed by atoms with Crippen LogP contribution in [0.2, 0.25) is 0 Å². The van der Waals surface area contributed by atoms with Gasteiger partial charge in [-0.3, -0.25) is 10.1 Å². The lowest BCUT2D eigenvalue weighted by Gasteiger charge is -2.25. The van der Waals surface area contributed by atoms with Gasteiger partial charge in [0, 0.05) is 4.47 Å². The van der Waals surface area contributed by atoms with Crippen LogP contribution in [0.4, 0.5) is 5.95 Å². The summed E-state index contributed by atoms with van der Waals surface area (Å²) in [5, 5.41) is 7.01. The molecule has 1 aromatic heterocycles. The Kier molecular flexibility index (Phi) is 6.04. The summed E-state index contributed by atoms with van der Waals surface area (Å²) in [7, 11) is 0. The number of rotatable bonds is 6. The van der Waals surface area contributed by atoms with Crippen LogP contribution in [0, 0.1) is 3.57 Å². The first-order valence-electron chi connectivity index (χ1n) is 9.08. The molecular formula is C20H18BrIN4O3. The molecule has 0 aliphatic carbocycles. The molecule has 1 aliphatic heterocycles. The number of hydrogen-bond donors (Lipinski definition) is 1. The number of benzene rings is 2. The molecule has 1 atom stereocenters. The van der Waals surface area contributed by atoms with E-state index >= 15 is 0 Å². The maximum Gasteiger partial charge on any atom is 0.229 e. The molecule has 3 aromatic rings. The minimum atomic E-state index is -0.241. The third-order valence-corrected chi connectivity index (χ3v) is 5.84. The highest BCUT2D eigenvalue weighted by molar-refractivity contribution is 14.1. The van der Waals surface area contributed by atoms with Crippen molar-refractivity contribution in [3.63, 3.8) is 0 Å². The zero-order valence-electron chi connectivity index (χ0n) is 15.6. The fourth-order valence-corrected chi connectivity index (χ4v) is 4.23. The first-order chi connectivity index (χ1) is 14.0. The number of ether oxygens (including phenoxy) is 2. The Hall–Kier alpha value is -2.14. The Morgan fingerprint density at radius 3 is 2.83 bits per heavy atom. The summed E-state index contributed by atoms with van der Waals surface area (Å²) >= 11 is 5.68. The van der Waals surface area contributed by atoms with E-state index < -0.39 is 0 Å². The normalized spacial score (nSPS) is 15.6. The Bertz CT molecular complexity index is 1040. The van der Waals surface area contributed by atoms with E-state index in [4.69, 9.17) is 9.47 Å². The summed E-state index contributed by atoms with van der Waals surface area (Å²) in [6, 6.07) is 11.7. The summed E-state index contributed by atoms with van der Waals surface area (Å²) in [4.78, 5) is 16.2. The van der Waals surface area contributed by atoms with Gasteiger partial charge in [0.25, 0.3) is 0 Å². The van der Waals surface area contributed by atoms with Gasteiger partial charge in [0.05, 0.1) is 22.6 Å². The monoisotopic (exact) mass is 568 g/mol. The van der Waals surface area contributed by atoms with Gasteiger partial charge in [0.2, 0.25) is 11.9 Å². The molecule has 7 nitrogen and oxygen atoms in total. The number of aromatic nitrogens is 3. The number of halogens is 2. The molecule has 150 valence electrons. The average molecular weight is 569 g/mol. The molecule has 0 saturated carbocycles. The van der Waals surface area contributed by atoms with Crippen LogP contribution in [0.1, 0.15) is 30.5 Å². The first kappa shape index (κ1) is 20.1. The van der Waals surface area contributed by atoms with E-state index in [1.54, 1.807) is 4.68 Å². The number of anilines is 1. The lowest BCUT2D eigenvalue weighted by molar-refractivity contribution is -0.117. The van der Waals surface area contributed by atoms with Crippen LogP contribution in [0.3, 0.4) is 0 Å². The van der Waals surface area contributed by atoms with Crippen molar-refractivity contribution in [2.45, 2.75) is 26.0 Å². The fraction of sp³-hybridized carbons (Fsp3) is 0.250. The lowest BCUT2D eigenvalue weighted by atomic mass is 10.0. The quantitative estimate of drug-likeness (QED) is 0.441. The third kappa shape index (κ3) is 4.40. The van der Waals surface area contributed by atoms with Gasteiger partial charge in [-0.15, -0.1) is 0 Å². The Labute approximate surface area is 190 Å². The summed E-state index contributed by atoms with van der Waals surface area (Å²) in [6.07, 6.45) is 1.73. The van der Waals surface area contributed by atoms with Gasteiger partial charge in [0.15, 0.2) is 11.5 Å². The molecule has 1 aliphatic rings. The molecule has 0 fully saturated rings. The standard InChI is InChI=1S/C20H18BrIN4O3/c1-2-28-17-8-13(16-9-18(27)25-20-23-11-24-26(16)20)7-15(22)19(17)29-10-12-3-5-14(21)6-4-12/h3-8,11,16H,2,9-10H2,1H3,(H,23,24,25,27)/t16-/m0/s1. The van der Waals surface area contributed by atoms with E-state index in [9.17, 15) is 4.79 Å². The minimum absolute atomic E-state index is 0.0842. The van der Waals surface area contributed by atoms with E-state index in [1.807, 2.05) is 43.3 Å². The molecule has 29 heavy (non-hydrogen) atoms. The van der Waals surface area contributed by atoms with Crippen molar-refractivity contribution in [2.75, 3.05) is 11.9 Å². The number of amides is 1. The van der Waals surface area contributed by atoms with Gasteiger partial charge in [-0.25, -0.2) is 4.68 Å². The van der Waals surface area contributed by atoms with Crippen molar-refractivity contribution >= 4 is 50.4 Å². The van der Waals surface area contributed by atoms with Gasteiger partial charge in [-0.05, 0) is 64.9 Å². The highest BCUT2D eigenvalue weighted by Crippen LogP contribution is 2.39. The molecule has 9 heteroatoms. The Morgan fingerprint density at radius 2 is 2.07 bits per heavy atom. The zero-order chi connectivity index (χ0) is 20.4. The smallest absolute Gasteiger partial charge is 0.229 e. The SMILES string of the molecule is CCOc1cc([C@@H]2CC(=O)Nc3ncnn32)cc(I)c1OCc1ccc(Br)cc1. The predicted octanol–water partition coefficient (Wildman–Crippen LogP) is 4.55. The second-order valence-corrected chi connectivity index (χ2v) is 8.55. The molecule has 1 N–H and O–H groups in total. The first-order valence-corrected chi connectivity index (χ1v) is 10.9. The van der Waals surface area contributed by atoms with Crippen molar-refractivity contribution in [3.05, 3.63) is 61.9 Å². The minimum Gasteiger partial charge on any atom is -0.490 e.